The van der Waals surface area contributed by atoms with Crippen molar-refractivity contribution in [2.24, 2.45) is 5.92 Å². The van der Waals surface area contributed by atoms with Crippen molar-refractivity contribution in [3.8, 4) is 6.07 Å². The summed E-state index contributed by atoms with van der Waals surface area (Å²) >= 11 is 0. The molecule has 1 nitrogen and oxygen atoms in total. The van der Waals surface area contributed by atoms with Crippen LogP contribution in [-0.2, 0) is 12.8 Å². The van der Waals surface area contributed by atoms with Crippen LogP contribution in [-0.4, -0.2) is 0 Å². The maximum atomic E-state index is 15.2. The van der Waals surface area contributed by atoms with Crippen LogP contribution in [0.5, 0.6) is 0 Å². The van der Waals surface area contributed by atoms with Gasteiger partial charge in [-0.25, -0.2) is 13.2 Å². The van der Waals surface area contributed by atoms with Gasteiger partial charge < -0.3 is 0 Å². The predicted octanol–water partition coefficient (Wildman–Crippen LogP) is 8.15. The van der Waals surface area contributed by atoms with Gasteiger partial charge in [-0.3, -0.25) is 0 Å². The van der Waals surface area contributed by atoms with Crippen LogP contribution in [0.25, 0.3) is 10.8 Å². The molecular formula is C29H28F3N. The topological polar surface area (TPSA) is 23.8 Å². The summed E-state index contributed by atoms with van der Waals surface area (Å²) < 4.78 is 42.9. The molecule has 1 aliphatic carbocycles. The highest BCUT2D eigenvalue weighted by atomic mass is 19.1. The molecule has 0 aliphatic heterocycles. The molecule has 4 rings (SSSR count). The zero-order valence-electron chi connectivity index (χ0n) is 18.7. The van der Waals surface area contributed by atoms with E-state index in [4.69, 9.17) is 5.26 Å². The Hall–Kier alpha value is -3.06. The number of fused-ring (bicyclic) bond motifs is 1. The standard InChI is InChI=1S/C29H28F3N/c1-2-3-4-19-5-8-21(9-6-19)23-13-14-25-24(17-23)12-11-22(29(25)32)10-7-20-15-27(30)26(18-33)28(31)16-20/h2,11-17,19,21H,1,3-10H2. The van der Waals surface area contributed by atoms with E-state index in [-0.39, 0.29) is 12.2 Å². The molecule has 1 aliphatic rings. The third-order valence-electron chi connectivity index (χ3n) is 7.05. The summed E-state index contributed by atoms with van der Waals surface area (Å²) in [5.74, 6) is -0.722. The largest absolute Gasteiger partial charge is 0.206 e. The lowest BCUT2D eigenvalue weighted by atomic mass is 9.77. The van der Waals surface area contributed by atoms with Crippen LogP contribution in [0.1, 0.15) is 66.7 Å². The molecule has 170 valence electrons. The van der Waals surface area contributed by atoms with Gasteiger partial charge in [0.25, 0.3) is 0 Å². The van der Waals surface area contributed by atoms with Crippen LogP contribution < -0.4 is 0 Å². The van der Waals surface area contributed by atoms with E-state index in [1.54, 1.807) is 6.07 Å². The lowest BCUT2D eigenvalue weighted by molar-refractivity contribution is 0.312. The highest BCUT2D eigenvalue weighted by Gasteiger charge is 2.22. The minimum absolute atomic E-state index is 0.276. The minimum atomic E-state index is -0.881. The third-order valence-corrected chi connectivity index (χ3v) is 7.05. The Morgan fingerprint density at radius 2 is 1.67 bits per heavy atom. The van der Waals surface area contributed by atoms with E-state index in [2.05, 4.69) is 18.7 Å². The first-order valence-corrected chi connectivity index (χ1v) is 11.7. The van der Waals surface area contributed by atoms with Crippen molar-refractivity contribution in [2.75, 3.05) is 0 Å². The van der Waals surface area contributed by atoms with E-state index < -0.39 is 17.2 Å². The number of hydrogen-bond acceptors (Lipinski definition) is 1. The summed E-state index contributed by atoms with van der Waals surface area (Å²) in [7, 11) is 0. The number of rotatable bonds is 7. The van der Waals surface area contributed by atoms with E-state index in [0.29, 0.717) is 28.9 Å². The fourth-order valence-corrected chi connectivity index (χ4v) is 5.10. The van der Waals surface area contributed by atoms with Gasteiger partial charge in [0.15, 0.2) is 0 Å². The van der Waals surface area contributed by atoms with E-state index in [1.807, 2.05) is 18.2 Å². The van der Waals surface area contributed by atoms with Gasteiger partial charge in [0.05, 0.1) is 0 Å². The maximum Gasteiger partial charge on any atom is 0.144 e. The lowest BCUT2D eigenvalue weighted by Gasteiger charge is -2.28. The van der Waals surface area contributed by atoms with Gasteiger partial charge in [-0.15, -0.1) is 6.58 Å². The molecule has 0 aromatic heterocycles. The molecule has 0 spiro atoms. The molecule has 1 fully saturated rings. The van der Waals surface area contributed by atoms with Gasteiger partial charge in [-0.05, 0) is 97.4 Å². The third kappa shape index (κ3) is 5.14. The quantitative estimate of drug-likeness (QED) is 0.335. The summed E-state index contributed by atoms with van der Waals surface area (Å²) in [6.45, 7) is 3.82. The van der Waals surface area contributed by atoms with Gasteiger partial charge in [-0.2, -0.15) is 5.26 Å². The maximum absolute atomic E-state index is 15.2. The Morgan fingerprint density at radius 3 is 2.33 bits per heavy atom. The molecule has 1 saturated carbocycles. The molecule has 0 amide bonds. The molecule has 4 heteroatoms. The average Bonchev–Trinajstić information content (AvgIpc) is 2.82. The lowest BCUT2D eigenvalue weighted by Crippen LogP contribution is -2.13. The number of nitrogens with zero attached hydrogens (tertiary/aromatic N) is 1. The van der Waals surface area contributed by atoms with Gasteiger partial charge in [0.1, 0.15) is 29.1 Å². The van der Waals surface area contributed by atoms with Crippen molar-refractivity contribution < 1.29 is 13.2 Å². The Bertz CT molecular complexity index is 1180. The Labute approximate surface area is 193 Å². The second kappa shape index (κ2) is 10.3. The van der Waals surface area contributed by atoms with Gasteiger partial charge in [-0.1, -0.05) is 36.4 Å². The molecule has 0 radical (unpaired) electrons. The number of allylic oxidation sites excluding steroid dienone is 1. The molecule has 0 atom stereocenters. The van der Waals surface area contributed by atoms with E-state index in [9.17, 15) is 8.78 Å². The predicted molar refractivity (Wildman–Crippen MR) is 127 cm³/mol. The molecule has 0 heterocycles. The highest BCUT2D eigenvalue weighted by molar-refractivity contribution is 5.84. The molecule has 33 heavy (non-hydrogen) atoms. The van der Waals surface area contributed by atoms with Gasteiger partial charge in [0, 0.05) is 5.39 Å². The van der Waals surface area contributed by atoms with Crippen molar-refractivity contribution in [3.05, 3.63) is 94.8 Å². The van der Waals surface area contributed by atoms with Gasteiger partial charge >= 0.3 is 0 Å². The molecule has 0 saturated heterocycles. The number of halogens is 3. The number of nitriles is 1. The van der Waals surface area contributed by atoms with E-state index in [0.717, 1.165) is 29.9 Å². The normalized spacial score (nSPS) is 18.2. The average molecular weight is 448 g/mol. The summed E-state index contributed by atoms with van der Waals surface area (Å²) in [5, 5.41) is 10.3. The summed E-state index contributed by atoms with van der Waals surface area (Å²) in [6, 6.07) is 13.6. The van der Waals surface area contributed by atoms with Crippen LogP contribution in [0, 0.1) is 34.7 Å². The molecule has 3 aromatic rings. The fourth-order valence-electron chi connectivity index (χ4n) is 5.10. The SMILES string of the molecule is C=CCCC1CCC(c2ccc3c(F)c(CCc4cc(F)c(C#N)c(F)c4)ccc3c2)CC1. The monoisotopic (exact) mass is 447 g/mol. The second-order valence-corrected chi connectivity index (χ2v) is 9.15. The first kappa shape index (κ1) is 23.1. The van der Waals surface area contributed by atoms with Crippen LogP contribution in [0.3, 0.4) is 0 Å². The van der Waals surface area contributed by atoms with E-state index >= 15 is 4.39 Å². The smallest absolute Gasteiger partial charge is 0.144 e. The second-order valence-electron chi connectivity index (χ2n) is 9.15. The van der Waals surface area contributed by atoms with Gasteiger partial charge in [0.2, 0.25) is 0 Å². The minimum Gasteiger partial charge on any atom is -0.206 e. The Morgan fingerprint density at radius 1 is 0.939 bits per heavy atom. The number of benzene rings is 3. The fraction of sp³-hybridized carbons (Fsp3) is 0.345. The van der Waals surface area contributed by atoms with Crippen molar-refractivity contribution in [1.29, 1.82) is 5.26 Å². The molecule has 0 bridgehead atoms. The molecular weight excluding hydrogens is 419 g/mol. The molecule has 0 unspecified atom stereocenters. The van der Waals surface area contributed by atoms with Crippen molar-refractivity contribution in [1.82, 2.24) is 0 Å². The zero-order chi connectivity index (χ0) is 23.4. The Balaban J connectivity index is 1.46. The Kier molecular flexibility index (Phi) is 7.18. The first-order chi connectivity index (χ1) is 16.0. The zero-order valence-corrected chi connectivity index (χ0v) is 18.7. The van der Waals surface area contributed by atoms with Crippen molar-refractivity contribution in [2.45, 2.75) is 57.3 Å². The van der Waals surface area contributed by atoms with Crippen molar-refractivity contribution >= 4 is 10.8 Å². The highest BCUT2D eigenvalue weighted by Crippen LogP contribution is 2.38. The summed E-state index contributed by atoms with van der Waals surface area (Å²) in [5.41, 5.74) is 1.61. The molecule has 0 N–H and O–H groups in total. The first-order valence-electron chi connectivity index (χ1n) is 11.7. The van der Waals surface area contributed by atoms with E-state index in [1.165, 1.54) is 43.7 Å². The van der Waals surface area contributed by atoms with Crippen LogP contribution >= 0.6 is 0 Å². The van der Waals surface area contributed by atoms with Crippen LogP contribution in [0.15, 0.2) is 55.1 Å². The summed E-state index contributed by atoms with van der Waals surface area (Å²) in [6.07, 6.45) is 9.74. The number of aryl methyl sites for hydroxylation is 2. The van der Waals surface area contributed by atoms with Crippen LogP contribution in [0.2, 0.25) is 0 Å². The number of hydrogen-bond donors (Lipinski definition) is 0. The van der Waals surface area contributed by atoms with Crippen molar-refractivity contribution in [3.63, 3.8) is 0 Å². The molecule has 3 aromatic carbocycles. The van der Waals surface area contributed by atoms with Crippen LogP contribution in [0.4, 0.5) is 13.2 Å². The summed E-state index contributed by atoms with van der Waals surface area (Å²) in [4.78, 5) is 0.